The summed E-state index contributed by atoms with van der Waals surface area (Å²) in [6.45, 7) is 8.19. The Hall–Kier alpha value is -1.30. The minimum absolute atomic E-state index is 0.00181. The number of urea groups is 1. The van der Waals surface area contributed by atoms with Crippen molar-refractivity contribution in [3.8, 4) is 0 Å². The second-order valence-corrected chi connectivity index (χ2v) is 5.95. The van der Waals surface area contributed by atoms with E-state index < -0.39 is 0 Å². The molecular formula is C13H25N3O3. The topological polar surface area (TPSA) is 53.1 Å². The summed E-state index contributed by atoms with van der Waals surface area (Å²) in [7, 11) is 3.47. The van der Waals surface area contributed by atoms with Crippen LogP contribution in [0.3, 0.4) is 0 Å². The predicted molar refractivity (Wildman–Crippen MR) is 72.9 cm³/mol. The summed E-state index contributed by atoms with van der Waals surface area (Å²) in [4.78, 5) is 28.8. The van der Waals surface area contributed by atoms with Gasteiger partial charge >= 0.3 is 6.03 Å². The van der Waals surface area contributed by atoms with Crippen molar-refractivity contribution < 1.29 is 14.3 Å². The third kappa shape index (κ3) is 5.06. The van der Waals surface area contributed by atoms with Crippen molar-refractivity contribution in [2.24, 2.45) is 0 Å². The molecule has 0 spiro atoms. The lowest BCUT2D eigenvalue weighted by Gasteiger charge is -2.36. The zero-order valence-electron chi connectivity index (χ0n) is 12.6. The number of amides is 3. The highest BCUT2D eigenvalue weighted by molar-refractivity contribution is 5.78. The largest absolute Gasteiger partial charge is 0.366 e. The van der Waals surface area contributed by atoms with Gasteiger partial charge in [-0.2, -0.15) is 0 Å². The molecule has 1 rings (SSSR count). The molecule has 0 aromatic rings. The van der Waals surface area contributed by atoms with Crippen molar-refractivity contribution in [3.63, 3.8) is 0 Å². The molecule has 0 saturated carbocycles. The summed E-state index contributed by atoms with van der Waals surface area (Å²) in [6.07, 6.45) is 0. The van der Waals surface area contributed by atoms with E-state index in [4.69, 9.17) is 4.74 Å². The summed E-state index contributed by atoms with van der Waals surface area (Å²) >= 11 is 0. The van der Waals surface area contributed by atoms with Crippen molar-refractivity contribution in [3.05, 3.63) is 0 Å². The van der Waals surface area contributed by atoms with Crippen LogP contribution in [0.15, 0.2) is 0 Å². The second-order valence-electron chi connectivity index (χ2n) is 5.95. The quantitative estimate of drug-likeness (QED) is 0.740. The first-order chi connectivity index (χ1) is 8.70. The van der Waals surface area contributed by atoms with Gasteiger partial charge in [0.2, 0.25) is 5.91 Å². The molecule has 1 aliphatic rings. The minimum Gasteiger partial charge on any atom is -0.366 e. The van der Waals surface area contributed by atoms with Crippen LogP contribution < -0.4 is 0 Å². The number of carbonyl (C=O) groups is 2. The SMILES string of the molecule is CN(C)C(=O)N1CCN(C(=O)COC(C)(C)C)CC1. The molecule has 6 heteroatoms. The van der Waals surface area contributed by atoms with Crippen LogP contribution in [0.2, 0.25) is 0 Å². The summed E-state index contributed by atoms with van der Waals surface area (Å²) in [6, 6.07) is -0.00181. The van der Waals surface area contributed by atoms with Crippen LogP contribution in [0, 0.1) is 0 Å². The smallest absolute Gasteiger partial charge is 0.319 e. The first-order valence-corrected chi connectivity index (χ1v) is 6.58. The van der Waals surface area contributed by atoms with Gasteiger partial charge in [-0.25, -0.2) is 4.79 Å². The molecule has 1 fully saturated rings. The van der Waals surface area contributed by atoms with Crippen LogP contribution in [0.5, 0.6) is 0 Å². The number of piperazine rings is 1. The Morgan fingerprint density at radius 3 is 1.95 bits per heavy atom. The minimum atomic E-state index is -0.307. The lowest BCUT2D eigenvalue weighted by molar-refractivity contribution is -0.142. The zero-order chi connectivity index (χ0) is 14.6. The monoisotopic (exact) mass is 271 g/mol. The van der Waals surface area contributed by atoms with Gasteiger partial charge in [0.15, 0.2) is 0 Å². The molecular weight excluding hydrogens is 246 g/mol. The van der Waals surface area contributed by atoms with Gasteiger partial charge in [-0.05, 0) is 20.8 Å². The molecule has 3 amide bonds. The fourth-order valence-corrected chi connectivity index (χ4v) is 1.80. The van der Waals surface area contributed by atoms with Gasteiger partial charge < -0.3 is 19.4 Å². The summed E-state index contributed by atoms with van der Waals surface area (Å²) in [5.41, 5.74) is -0.307. The Labute approximate surface area is 115 Å². The van der Waals surface area contributed by atoms with Crippen LogP contribution in [0.4, 0.5) is 4.79 Å². The van der Waals surface area contributed by atoms with Gasteiger partial charge in [-0.3, -0.25) is 4.79 Å². The van der Waals surface area contributed by atoms with Crippen LogP contribution in [0.25, 0.3) is 0 Å². The molecule has 0 aromatic carbocycles. The van der Waals surface area contributed by atoms with Gasteiger partial charge in [0.1, 0.15) is 6.61 Å². The average molecular weight is 271 g/mol. The third-order valence-electron chi connectivity index (χ3n) is 2.91. The predicted octanol–water partition coefficient (Wildman–Crippen LogP) is 0.627. The van der Waals surface area contributed by atoms with E-state index in [9.17, 15) is 9.59 Å². The van der Waals surface area contributed by atoms with Crippen LogP contribution in [-0.2, 0) is 9.53 Å². The van der Waals surface area contributed by atoms with E-state index in [1.807, 2.05) is 20.8 Å². The molecule has 1 heterocycles. The van der Waals surface area contributed by atoms with E-state index in [2.05, 4.69) is 0 Å². The lowest BCUT2D eigenvalue weighted by atomic mass is 10.2. The number of hydrogen-bond acceptors (Lipinski definition) is 3. The van der Waals surface area contributed by atoms with Gasteiger partial charge in [-0.15, -0.1) is 0 Å². The molecule has 0 radical (unpaired) electrons. The van der Waals surface area contributed by atoms with Crippen LogP contribution in [-0.4, -0.2) is 79.1 Å². The highest BCUT2D eigenvalue weighted by Gasteiger charge is 2.25. The highest BCUT2D eigenvalue weighted by Crippen LogP contribution is 2.09. The maximum atomic E-state index is 11.9. The summed E-state index contributed by atoms with van der Waals surface area (Å²) in [5, 5.41) is 0. The lowest BCUT2D eigenvalue weighted by Crippen LogP contribution is -2.53. The Bertz CT molecular complexity index is 329. The Morgan fingerprint density at radius 2 is 1.53 bits per heavy atom. The summed E-state index contributed by atoms with van der Waals surface area (Å²) in [5.74, 6) is -0.00752. The first kappa shape index (κ1) is 15.8. The van der Waals surface area contributed by atoms with Crippen molar-refractivity contribution >= 4 is 11.9 Å². The van der Waals surface area contributed by atoms with E-state index in [1.165, 1.54) is 0 Å². The van der Waals surface area contributed by atoms with Gasteiger partial charge in [0.25, 0.3) is 0 Å². The van der Waals surface area contributed by atoms with Crippen LogP contribution >= 0.6 is 0 Å². The Morgan fingerprint density at radius 1 is 1.05 bits per heavy atom. The Balaban J connectivity index is 2.37. The molecule has 6 nitrogen and oxygen atoms in total. The van der Waals surface area contributed by atoms with E-state index in [-0.39, 0.29) is 24.1 Å². The van der Waals surface area contributed by atoms with E-state index in [0.29, 0.717) is 26.2 Å². The van der Waals surface area contributed by atoms with Crippen molar-refractivity contribution in [1.82, 2.24) is 14.7 Å². The standard InChI is InChI=1S/C13H25N3O3/c1-13(2,3)19-10-11(17)15-6-8-16(9-7-15)12(18)14(4)5/h6-10H2,1-5H3. The molecule has 1 aliphatic heterocycles. The molecule has 0 aromatic heterocycles. The van der Waals surface area contributed by atoms with Gasteiger partial charge in [-0.1, -0.05) is 0 Å². The third-order valence-corrected chi connectivity index (χ3v) is 2.91. The normalized spacial score (nSPS) is 16.5. The fraction of sp³-hybridized carbons (Fsp3) is 0.846. The molecule has 1 saturated heterocycles. The van der Waals surface area contributed by atoms with Crippen LogP contribution in [0.1, 0.15) is 20.8 Å². The summed E-state index contributed by atoms with van der Waals surface area (Å²) < 4.78 is 5.48. The molecule has 0 aliphatic carbocycles. The highest BCUT2D eigenvalue weighted by atomic mass is 16.5. The second kappa shape index (κ2) is 6.23. The molecule has 0 atom stereocenters. The number of ether oxygens (including phenoxy) is 1. The van der Waals surface area contributed by atoms with E-state index >= 15 is 0 Å². The first-order valence-electron chi connectivity index (χ1n) is 6.58. The average Bonchev–Trinajstić information content (AvgIpc) is 2.34. The van der Waals surface area contributed by atoms with Gasteiger partial charge in [0, 0.05) is 40.3 Å². The van der Waals surface area contributed by atoms with Crippen molar-refractivity contribution in [1.29, 1.82) is 0 Å². The number of rotatable bonds is 2. The van der Waals surface area contributed by atoms with Crippen molar-refractivity contribution in [2.45, 2.75) is 26.4 Å². The molecule has 19 heavy (non-hydrogen) atoms. The molecule has 0 N–H and O–H groups in total. The van der Waals surface area contributed by atoms with Crippen molar-refractivity contribution in [2.75, 3.05) is 46.9 Å². The maximum Gasteiger partial charge on any atom is 0.319 e. The fourth-order valence-electron chi connectivity index (χ4n) is 1.80. The van der Waals surface area contributed by atoms with E-state index in [0.717, 1.165) is 0 Å². The molecule has 110 valence electrons. The maximum absolute atomic E-state index is 11.9. The molecule has 0 bridgehead atoms. The van der Waals surface area contributed by atoms with E-state index in [1.54, 1.807) is 28.8 Å². The Kier molecular flexibility index (Phi) is 5.17. The number of nitrogens with zero attached hydrogens (tertiary/aromatic N) is 3. The molecule has 0 unspecified atom stereocenters. The number of carbonyl (C=O) groups excluding carboxylic acids is 2. The zero-order valence-corrected chi connectivity index (χ0v) is 12.6. The number of hydrogen-bond donors (Lipinski definition) is 0. The van der Waals surface area contributed by atoms with Gasteiger partial charge in [0.05, 0.1) is 5.60 Å².